The van der Waals surface area contributed by atoms with Crippen LogP contribution in [0.25, 0.3) is 22.4 Å². The Morgan fingerprint density at radius 3 is 2.56 bits per heavy atom. The van der Waals surface area contributed by atoms with Crippen LogP contribution < -0.4 is 0 Å². The predicted octanol–water partition coefficient (Wildman–Crippen LogP) is 3.78. The number of carbonyl (C=O) groups is 1. The van der Waals surface area contributed by atoms with Gasteiger partial charge in [-0.2, -0.15) is 18.2 Å². The van der Waals surface area contributed by atoms with E-state index in [-0.39, 0.29) is 23.7 Å². The summed E-state index contributed by atoms with van der Waals surface area (Å²) in [7, 11) is 0. The van der Waals surface area contributed by atoms with Gasteiger partial charge in [0.1, 0.15) is 5.69 Å². The van der Waals surface area contributed by atoms with E-state index in [1.807, 2.05) is 24.3 Å². The van der Waals surface area contributed by atoms with Crippen molar-refractivity contribution in [3.05, 3.63) is 65.7 Å². The molecular formula is C23H20F3N5O3. The van der Waals surface area contributed by atoms with Crippen LogP contribution in [0.2, 0.25) is 0 Å². The number of aromatic nitrogens is 3. The van der Waals surface area contributed by atoms with Gasteiger partial charge in [0.15, 0.2) is 5.58 Å². The Morgan fingerprint density at radius 1 is 0.971 bits per heavy atom. The second-order valence-electron chi connectivity index (χ2n) is 8.05. The number of hydrogen-bond acceptors (Lipinski definition) is 7. The number of nitrogens with zero attached hydrogens (tertiary/aromatic N) is 5. The number of hydrogen-bond donors (Lipinski definition) is 0. The summed E-state index contributed by atoms with van der Waals surface area (Å²) in [6.07, 6.45) is -4.28. The molecule has 0 atom stereocenters. The Hall–Kier alpha value is -3.73. The van der Waals surface area contributed by atoms with Gasteiger partial charge in [-0.05, 0) is 24.3 Å². The molecule has 0 spiro atoms. The molecule has 5 rings (SSSR count). The zero-order valence-corrected chi connectivity index (χ0v) is 18.0. The molecule has 1 aliphatic rings. The van der Waals surface area contributed by atoms with Crippen LogP contribution in [0, 0.1) is 0 Å². The third kappa shape index (κ3) is 4.65. The summed E-state index contributed by atoms with van der Waals surface area (Å²) in [4.78, 5) is 20.8. The lowest BCUT2D eigenvalue weighted by Gasteiger charge is -2.33. The number of amides is 1. The van der Waals surface area contributed by atoms with E-state index in [2.05, 4.69) is 20.2 Å². The monoisotopic (exact) mass is 471 g/mol. The van der Waals surface area contributed by atoms with Crippen LogP contribution in [-0.2, 0) is 23.9 Å². The SMILES string of the molecule is O=C(Cc1noc2ccccc12)N1CCN(Cc2nc(-c3cccc(C(F)(F)F)c3)no2)CC1. The van der Waals surface area contributed by atoms with Crippen molar-refractivity contribution < 1.29 is 27.0 Å². The van der Waals surface area contributed by atoms with Gasteiger partial charge in [-0.3, -0.25) is 9.69 Å². The highest BCUT2D eigenvalue weighted by Crippen LogP contribution is 2.31. The molecule has 3 heterocycles. The number of carbonyl (C=O) groups excluding carboxylic acids is 1. The molecule has 0 bridgehead atoms. The molecule has 1 saturated heterocycles. The first-order valence-corrected chi connectivity index (χ1v) is 10.7. The van der Waals surface area contributed by atoms with Gasteiger partial charge < -0.3 is 13.9 Å². The zero-order valence-electron chi connectivity index (χ0n) is 18.0. The van der Waals surface area contributed by atoms with E-state index in [0.29, 0.717) is 49.9 Å². The van der Waals surface area contributed by atoms with E-state index in [1.165, 1.54) is 12.1 Å². The molecule has 1 amide bonds. The number of fused-ring (bicyclic) bond motifs is 1. The molecule has 4 aromatic rings. The molecular weight excluding hydrogens is 451 g/mol. The molecule has 0 unspecified atom stereocenters. The van der Waals surface area contributed by atoms with Crippen LogP contribution in [0.4, 0.5) is 13.2 Å². The lowest BCUT2D eigenvalue weighted by molar-refractivity contribution is -0.137. The fraction of sp³-hybridized carbons (Fsp3) is 0.304. The molecule has 8 nitrogen and oxygen atoms in total. The van der Waals surface area contributed by atoms with Gasteiger partial charge in [-0.25, -0.2) is 0 Å². The number of halogens is 3. The predicted molar refractivity (Wildman–Crippen MR) is 114 cm³/mol. The van der Waals surface area contributed by atoms with Crippen LogP contribution in [0.1, 0.15) is 17.1 Å². The van der Waals surface area contributed by atoms with E-state index in [4.69, 9.17) is 9.05 Å². The first-order chi connectivity index (χ1) is 16.4. The van der Waals surface area contributed by atoms with Crippen LogP contribution >= 0.6 is 0 Å². The number of para-hydroxylation sites is 1. The largest absolute Gasteiger partial charge is 0.416 e. The normalized spacial score (nSPS) is 15.2. The van der Waals surface area contributed by atoms with E-state index in [1.54, 1.807) is 4.90 Å². The second-order valence-corrected chi connectivity index (χ2v) is 8.05. The molecule has 0 saturated carbocycles. The van der Waals surface area contributed by atoms with Crippen molar-refractivity contribution >= 4 is 16.9 Å². The first kappa shape index (κ1) is 22.1. The van der Waals surface area contributed by atoms with Crippen molar-refractivity contribution in [2.24, 2.45) is 0 Å². The van der Waals surface area contributed by atoms with Crippen molar-refractivity contribution in [3.63, 3.8) is 0 Å². The maximum Gasteiger partial charge on any atom is 0.416 e. The minimum atomic E-state index is -4.44. The summed E-state index contributed by atoms with van der Waals surface area (Å²) < 4.78 is 49.4. The highest BCUT2D eigenvalue weighted by molar-refractivity contribution is 5.86. The quantitative estimate of drug-likeness (QED) is 0.438. The Balaban J connectivity index is 1.16. The van der Waals surface area contributed by atoms with Crippen molar-refractivity contribution in [2.45, 2.75) is 19.1 Å². The maximum absolute atomic E-state index is 13.0. The average molecular weight is 471 g/mol. The van der Waals surface area contributed by atoms with Crippen molar-refractivity contribution in [1.29, 1.82) is 0 Å². The topological polar surface area (TPSA) is 88.5 Å². The summed E-state index contributed by atoms with van der Waals surface area (Å²) >= 11 is 0. The number of rotatable bonds is 5. The molecule has 11 heteroatoms. The minimum Gasteiger partial charge on any atom is -0.356 e. The highest BCUT2D eigenvalue weighted by Gasteiger charge is 2.31. The summed E-state index contributed by atoms with van der Waals surface area (Å²) in [6, 6.07) is 12.2. The Labute approximate surface area is 191 Å². The van der Waals surface area contributed by atoms with Crippen LogP contribution in [0.15, 0.2) is 57.6 Å². The fourth-order valence-corrected chi connectivity index (χ4v) is 3.94. The Bertz CT molecular complexity index is 1310. The Kier molecular flexibility index (Phi) is 5.78. The number of benzene rings is 2. The van der Waals surface area contributed by atoms with Crippen molar-refractivity contribution in [1.82, 2.24) is 25.1 Å². The third-order valence-electron chi connectivity index (χ3n) is 5.77. The molecule has 176 valence electrons. The molecule has 1 aliphatic heterocycles. The van der Waals surface area contributed by atoms with E-state index in [0.717, 1.165) is 17.5 Å². The van der Waals surface area contributed by atoms with E-state index < -0.39 is 11.7 Å². The van der Waals surface area contributed by atoms with Gasteiger partial charge in [-0.1, -0.05) is 34.6 Å². The average Bonchev–Trinajstić information content (AvgIpc) is 3.47. The van der Waals surface area contributed by atoms with Crippen molar-refractivity contribution in [3.8, 4) is 11.4 Å². The second kappa shape index (κ2) is 8.90. The zero-order chi connectivity index (χ0) is 23.7. The van der Waals surface area contributed by atoms with E-state index in [9.17, 15) is 18.0 Å². The molecule has 1 fully saturated rings. The van der Waals surface area contributed by atoms with Gasteiger partial charge in [0.25, 0.3) is 0 Å². The molecule has 0 radical (unpaired) electrons. The smallest absolute Gasteiger partial charge is 0.356 e. The lowest BCUT2D eigenvalue weighted by atomic mass is 10.1. The summed E-state index contributed by atoms with van der Waals surface area (Å²) in [5.74, 6) is 0.388. The lowest BCUT2D eigenvalue weighted by Crippen LogP contribution is -2.48. The molecule has 34 heavy (non-hydrogen) atoms. The summed E-state index contributed by atoms with van der Waals surface area (Å²) in [6.45, 7) is 2.62. The minimum absolute atomic E-state index is 0.0247. The Morgan fingerprint density at radius 2 is 1.76 bits per heavy atom. The third-order valence-corrected chi connectivity index (χ3v) is 5.77. The van der Waals surface area contributed by atoms with Crippen LogP contribution in [0.5, 0.6) is 0 Å². The van der Waals surface area contributed by atoms with Gasteiger partial charge in [0.05, 0.1) is 18.5 Å². The summed E-state index contributed by atoms with van der Waals surface area (Å²) in [5.41, 5.74) is 0.742. The van der Waals surface area contributed by atoms with Gasteiger partial charge >= 0.3 is 6.18 Å². The molecule has 2 aromatic carbocycles. The van der Waals surface area contributed by atoms with Crippen LogP contribution in [-0.4, -0.2) is 57.2 Å². The molecule has 0 N–H and O–H groups in total. The highest BCUT2D eigenvalue weighted by atomic mass is 19.4. The maximum atomic E-state index is 13.0. The van der Waals surface area contributed by atoms with Crippen molar-refractivity contribution in [2.75, 3.05) is 26.2 Å². The first-order valence-electron chi connectivity index (χ1n) is 10.7. The van der Waals surface area contributed by atoms with E-state index >= 15 is 0 Å². The van der Waals surface area contributed by atoms with Gasteiger partial charge in [0, 0.05) is 37.1 Å². The number of alkyl halides is 3. The van der Waals surface area contributed by atoms with Gasteiger partial charge in [-0.15, -0.1) is 0 Å². The standard InChI is InChI=1S/C23H20F3N5O3/c24-23(25,26)16-5-3-4-15(12-16)22-27-20(34-29-22)14-30-8-10-31(11-9-30)21(32)13-18-17-6-1-2-7-19(17)33-28-18/h1-7,12H,8-11,13-14H2. The van der Waals surface area contributed by atoms with Gasteiger partial charge in [0.2, 0.25) is 17.6 Å². The molecule has 0 aliphatic carbocycles. The summed E-state index contributed by atoms with van der Waals surface area (Å²) in [5, 5.41) is 8.68. The molecule has 2 aromatic heterocycles. The fourth-order valence-electron chi connectivity index (χ4n) is 3.94. The van der Waals surface area contributed by atoms with Crippen LogP contribution in [0.3, 0.4) is 0 Å². The number of piperazine rings is 1.